The number of hydrogen-bond acceptors (Lipinski definition) is 6. The maximum absolute atomic E-state index is 13.5. The Kier molecular flexibility index (Phi) is 6.00. The minimum Gasteiger partial charge on any atom is -0.337 e. The number of aryl methyl sites for hydroxylation is 4. The Hall–Kier alpha value is -3.59. The zero-order valence-electron chi connectivity index (χ0n) is 18.1. The first-order chi connectivity index (χ1) is 15.3. The number of nitro groups is 1. The van der Waals surface area contributed by atoms with E-state index in [0.29, 0.717) is 30.2 Å². The summed E-state index contributed by atoms with van der Waals surface area (Å²) in [6, 6.07) is 8.70. The van der Waals surface area contributed by atoms with E-state index in [1.54, 1.807) is 36.5 Å². The summed E-state index contributed by atoms with van der Waals surface area (Å²) in [6.07, 6.45) is 6.01. The molecule has 2 heterocycles. The summed E-state index contributed by atoms with van der Waals surface area (Å²) in [4.78, 5) is 34.9. The van der Waals surface area contributed by atoms with Crippen LogP contribution in [0.15, 0.2) is 49.1 Å². The number of nitro benzene ring substituents is 1. The molecule has 2 aromatic heterocycles. The van der Waals surface area contributed by atoms with Gasteiger partial charge < -0.3 is 4.57 Å². The van der Waals surface area contributed by atoms with Gasteiger partial charge in [-0.1, -0.05) is 23.5 Å². The lowest BCUT2D eigenvalue weighted by Crippen LogP contribution is -2.32. The zero-order chi connectivity index (χ0) is 22.8. The molecule has 4 rings (SSSR count). The molecule has 0 fully saturated rings. The van der Waals surface area contributed by atoms with Gasteiger partial charge in [-0.25, -0.2) is 9.97 Å². The SMILES string of the molecule is Cc1cc(C)c2sc(N(CCCn3ccnc3)C(=O)c3ccc(C)c([N+](=O)[O-])c3)nc2c1. The standard InChI is InChI=1S/C23H23N5O3S/c1-15-11-17(3)21-19(12-15)25-23(32-21)27(9-4-8-26-10-7-24-14-26)22(29)18-6-5-16(2)20(13-18)28(30)31/h5-7,10-14H,4,8-9H2,1-3H3. The molecular weight excluding hydrogens is 426 g/mol. The van der Waals surface area contributed by atoms with E-state index >= 15 is 0 Å². The summed E-state index contributed by atoms with van der Waals surface area (Å²) >= 11 is 1.47. The lowest BCUT2D eigenvalue weighted by atomic mass is 10.1. The van der Waals surface area contributed by atoms with Crippen molar-refractivity contribution in [1.29, 1.82) is 0 Å². The fourth-order valence-corrected chi connectivity index (χ4v) is 4.73. The van der Waals surface area contributed by atoms with Gasteiger partial charge in [-0.15, -0.1) is 0 Å². The number of amides is 1. The van der Waals surface area contributed by atoms with E-state index in [0.717, 1.165) is 21.3 Å². The highest BCUT2D eigenvalue weighted by Gasteiger charge is 2.24. The van der Waals surface area contributed by atoms with Crippen LogP contribution in [0.1, 0.15) is 33.5 Å². The number of imidazole rings is 1. The molecule has 0 aliphatic heterocycles. The van der Waals surface area contributed by atoms with Crippen molar-refractivity contribution in [2.75, 3.05) is 11.4 Å². The number of fused-ring (bicyclic) bond motifs is 1. The lowest BCUT2D eigenvalue weighted by molar-refractivity contribution is -0.385. The summed E-state index contributed by atoms with van der Waals surface area (Å²) in [5, 5.41) is 12.0. The van der Waals surface area contributed by atoms with Crippen molar-refractivity contribution in [3.05, 3.63) is 81.4 Å². The van der Waals surface area contributed by atoms with Crippen LogP contribution in [0, 0.1) is 30.9 Å². The number of hydrogen-bond donors (Lipinski definition) is 0. The Labute approximate surface area is 189 Å². The fourth-order valence-electron chi connectivity index (χ4n) is 3.69. The number of anilines is 1. The molecule has 0 unspecified atom stereocenters. The summed E-state index contributed by atoms with van der Waals surface area (Å²) in [7, 11) is 0. The predicted molar refractivity (Wildman–Crippen MR) is 125 cm³/mol. The Morgan fingerprint density at radius 2 is 2.00 bits per heavy atom. The van der Waals surface area contributed by atoms with Gasteiger partial charge in [-0.2, -0.15) is 0 Å². The highest BCUT2D eigenvalue weighted by Crippen LogP contribution is 2.33. The first-order valence-corrected chi connectivity index (χ1v) is 11.1. The smallest absolute Gasteiger partial charge is 0.273 e. The molecule has 4 aromatic rings. The van der Waals surface area contributed by atoms with E-state index in [9.17, 15) is 14.9 Å². The summed E-state index contributed by atoms with van der Waals surface area (Å²) < 4.78 is 2.98. The van der Waals surface area contributed by atoms with Gasteiger partial charge in [-0.05, 0) is 50.5 Å². The maximum Gasteiger partial charge on any atom is 0.273 e. The third-order valence-corrected chi connectivity index (χ3v) is 6.52. The first-order valence-electron chi connectivity index (χ1n) is 10.2. The lowest BCUT2D eigenvalue weighted by Gasteiger charge is -2.20. The van der Waals surface area contributed by atoms with Gasteiger partial charge in [0.15, 0.2) is 5.13 Å². The first kappa shape index (κ1) is 21.6. The second-order valence-corrected chi connectivity index (χ2v) is 8.77. The van der Waals surface area contributed by atoms with E-state index in [2.05, 4.69) is 11.1 Å². The molecule has 0 saturated heterocycles. The molecule has 0 aliphatic rings. The van der Waals surface area contributed by atoms with Gasteiger partial charge in [0, 0.05) is 42.7 Å². The van der Waals surface area contributed by atoms with Gasteiger partial charge in [0.1, 0.15) is 0 Å². The summed E-state index contributed by atoms with van der Waals surface area (Å²) in [5.74, 6) is -0.299. The highest BCUT2D eigenvalue weighted by molar-refractivity contribution is 7.22. The van der Waals surface area contributed by atoms with E-state index in [1.165, 1.54) is 17.4 Å². The van der Waals surface area contributed by atoms with Crippen molar-refractivity contribution < 1.29 is 9.72 Å². The molecule has 9 heteroatoms. The summed E-state index contributed by atoms with van der Waals surface area (Å²) in [5.41, 5.74) is 3.80. The number of nitrogens with zero attached hydrogens (tertiary/aromatic N) is 5. The highest BCUT2D eigenvalue weighted by atomic mass is 32.1. The molecule has 0 aliphatic carbocycles. The molecule has 0 bridgehead atoms. The molecular formula is C23H23N5O3S. The quantitative estimate of drug-likeness (QED) is 0.290. The average molecular weight is 450 g/mol. The molecule has 1 amide bonds. The van der Waals surface area contributed by atoms with Crippen LogP contribution in [0.5, 0.6) is 0 Å². The van der Waals surface area contributed by atoms with Crippen molar-refractivity contribution in [2.45, 2.75) is 33.7 Å². The van der Waals surface area contributed by atoms with Gasteiger partial charge >= 0.3 is 0 Å². The zero-order valence-corrected chi connectivity index (χ0v) is 18.9. The minimum atomic E-state index is -0.459. The van der Waals surface area contributed by atoms with Crippen LogP contribution in [0.2, 0.25) is 0 Å². The third kappa shape index (κ3) is 4.38. The number of rotatable bonds is 7. The van der Waals surface area contributed by atoms with Crippen molar-refractivity contribution in [1.82, 2.24) is 14.5 Å². The number of aromatic nitrogens is 3. The van der Waals surface area contributed by atoms with E-state index in [-0.39, 0.29) is 17.2 Å². The molecule has 32 heavy (non-hydrogen) atoms. The Balaban J connectivity index is 1.70. The van der Waals surface area contributed by atoms with E-state index in [1.807, 2.05) is 30.7 Å². The van der Waals surface area contributed by atoms with Crippen LogP contribution >= 0.6 is 11.3 Å². The summed E-state index contributed by atoms with van der Waals surface area (Å²) in [6.45, 7) is 6.84. The van der Waals surface area contributed by atoms with Gasteiger partial charge in [0.25, 0.3) is 11.6 Å². The van der Waals surface area contributed by atoms with Crippen LogP contribution in [-0.2, 0) is 6.54 Å². The largest absolute Gasteiger partial charge is 0.337 e. The topological polar surface area (TPSA) is 94.2 Å². The van der Waals surface area contributed by atoms with Crippen LogP contribution in [-0.4, -0.2) is 31.9 Å². The van der Waals surface area contributed by atoms with E-state index < -0.39 is 4.92 Å². The van der Waals surface area contributed by atoms with Gasteiger partial charge in [0.05, 0.1) is 21.5 Å². The maximum atomic E-state index is 13.5. The normalized spacial score (nSPS) is 11.1. The molecule has 0 atom stereocenters. The molecule has 0 spiro atoms. The Morgan fingerprint density at radius 1 is 1.19 bits per heavy atom. The van der Waals surface area contributed by atoms with Crippen molar-refractivity contribution >= 4 is 38.3 Å². The molecule has 8 nitrogen and oxygen atoms in total. The minimum absolute atomic E-state index is 0.0648. The molecule has 0 saturated carbocycles. The Bertz CT molecular complexity index is 1300. The van der Waals surface area contributed by atoms with Crippen molar-refractivity contribution in [2.24, 2.45) is 0 Å². The van der Waals surface area contributed by atoms with Gasteiger partial charge in [0.2, 0.25) is 0 Å². The monoisotopic (exact) mass is 449 g/mol. The number of carbonyl (C=O) groups is 1. The van der Waals surface area contributed by atoms with Crippen molar-refractivity contribution in [3.63, 3.8) is 0 Å². The van der Waals surface area contributed by atoms with E-state index in [4.69, 9.17) is 4.98 Å². The molecule has 0 radical (unpaired) electrons. The molecule has 164 valence electrons. The van der Waals surface area contributed by atoms with Crippen LogP contribution in [0.4, 0.5) is 10.8 Å². The molecule has 2 aromatic carbocycles. The average Bonchev–Trinajstić information content (AvgIpc) is 3.41. The number of benzene rings is 2. The number of thiazole rings is 1. The van der Waals surface area contributed by atoms with Gasteiger partial charge in [-0.3, -0.25) is 19.8 Å². The second kappa shape index (κ2) is 8.88. The predicted octanol–water partition coefficient (Wildman–Crippen LogP) is 5.06. The molecule has 0 N–H and O–H groups in total. The van der Waals surface area contributed by atoms with Crippen LogP contribution < -0.4 is 4.90 Å². The third-order valence-electron chi connectivity index (χ3n) is 5.29. The fraction of sp³-hybridized carbons (Fsp3) is 0.261. The van der Waals surface area contributed by atoms with Crippen LogP contribution in [0.3, 0.4) is 0 Å². The Morgan fingerprint density at radius 3 is 2.72 bits per heavy atom. The van der Waals surface area contributed by atoms with Crippen molar-refractivity contribution in [3.8, 4) is 0 Å². The number of carbonyl (C=O) groups excluding carboxylic acids is 1. The second-order valence-electron chi connectivity index (χ2n) is 7.80. The van der Waals surface area contributed by atoms with Crippen LogP contribution in [0.25, 0.3) is 10.2 Å².